The maximum Gasteiger partial charge on any atom is 0.226 e. The van der Waals surface area contributed by atoms with Crippen molar-refractivity contribution in [1.29, 1.82) is 0 Å². The number of aromatic nitrogens is 3. The largest absolute Gasteiger partial charge is 0.371 e. The number of carbonyl (C=O) groups excluding carboxylic acids is 1. The highest BCUT2D eigenvalue weighted by Gasteiger charge is 2.36. The summed E-state index contributed by atoms with van der Waals surface area (Å²) in [5.41, 5.74) is 0.950. The molecule has 1 fully saturated rings. The van der Waals surface area contributed by atoms with Gasteiger partial charge in [0.25, 0.3) is 0 Å². The molecule has 6 nitrogen and oxygen atoms in total. The number of carbonyl (C=O) groups is 1. The van der Waals surface area contributed by atoms with E-state index in [1.807, 2.05) is 26.2 Å². The molecular formula is C16H22N4O2S. The van der Waals surface area contributed by atoms with E-state index in [2.05, 4.69) is 22.3 Å². The fraction of sp³-hybridized carbons (Fsp3) is 0.562. The molecule has 0 aliphatic carbocycles. The van der Waals surface area contributed by atoms with Crippen molar-refractivity contribution in [2.75, 3.05) is 13.2 Å². The zero-order valence-corrected chi connectivity index (χ0v) is 14.5. The third-order valence-electron chi connectivity index (χ3n) is 4.22. The SMILES string of the molecule is Cc1cnc(C(C)CNC(=O)[C@@H]2CCO[C@H]2c2ccnn2C)s1. The number of aryl methyl sites for hydroxylation is 2. The second kappa shape index (κ2) is 6.80. The molecule has 2 aromatic heterocycles. The van der Waals surface area contributed by atoms with Crippen LogP contribution in [0.3, 0.4) is 0 Å². The average molecular weight is 334 g/mol. The van der Waals surface area contributed by atoms with Gasteiger partial charge in [-0.3, -0.25) is 9.48 Å². The molecule has 0 spiro atoms. The second-order valence-corrected chi connectivity index (χ2v) is 7.29. The lowest BCUT2D eigenvalue weighted by Gasteiger charge is -2.19. The van der Waals surface area contributed by atoms with Crippen LogP contribution in [0, 0.1) is 12.8 Å². The van der Waals surface area contributed by atoms with Gasteiger partial charge in [0, 0.05) is 43.4 Å². The molecule has 3 atom stereocenters. The smallest absolute Gasteiger partial charge is 0.226 e. The topological polar surface area (TPSA) is 69.0 Å². The molecule has 23 heavy (non-hydrogen) atoms. The summed E-state index contributed by atoms with van der Waals surface area (Å²) < 4.78 is 7.55. The van der Waals surface area contributed by atoms with E-state index in [1.54, 1.807) is 22.2 Å². The van der Waals surface area contributed by atoms with Gasteiger partial charge in [0.1, 0.15) is 6.10 Å². The van der Waals surface area contributed by atoms with Gasteiger partial charge in [-0.15, -0.1) is 11.3 Å². The molecule has 1 aliphatic rings. The fourth-order valence-corrected chi connectivity index (χ4v) is 3.71. The molecule has 0 radical (unpaired) electrons. The van der Waals surface area contributed by atoms with Gasteiger partial charge in [-0.2, -0.15) is 5.10 Å². The maximum absolute atomic E-state index is 12.6. The first kappa shape index (κ1) is 16.1. The third kappa shape index (κ3) is 3.45. The van der Waals surface area contributed by atoms with Crippen molar-refractivity contribution in [2.24, 2.45) is 13.0 Å². The molecule has 1 amide bonds. The van der Waals surface area contributed by atoms with Gasteiger partial charge in [-0.05, 0) is 19.4 Å². The molecule has 7 heteroatoms. The van der Waals surface area contributed by atoms with E-state index < -0.39 is 0 Å². The molecule has 1 aliphatic heterocycles. The number of amides is 1. The minimum absolute atomic E-state index is 0.0498. The predicted octanol–water partition coefficient (Wildman–Crippen LogP) is 2.18. The Morgan fingerprint density at radius 1 is 1.61 bits per heavy atom. The number of ether oxygens (including phenoxy) is 1. The van der Waals surface area contributed by atoms with Crippen molar-refractivity contribution in [2.45, 2.75) is 32.3 Å². The fourth-order valence-electron chi connectivity index (χ4n) is 2.88. The van der Waals surface area contributed by atoms with Crippen LogP contribution in [0.5, 0.6) is 0 Å². The van der Waals surface area contributed by atoms with Gasteiger partial charge >= 0.3 is 0 Å². The standard InChI is InChI=1S/C16H22N4O2S/c1-10(16-18-9-11(2)23-16)8-17-15(21)12-5-7-22-14(12)13-4-6-19-20(13)3/h4,6,9-10,12,14H,5,7-8H2,1-3H3,(H,17,21)/t10?,12-,14-/m1/s1. The van der Waals surface area contributed by atoms with Crippen LogP contribution in [0.15, 0.2) is 18.5 Å². The Hall–Kier alpha value is -1.73. The lowest BCUT2D eigenvalue weighted by Crippen LogP contribution is -2.35. The lowest BCUT2D eigenvalue weighted by molar-refractivity contribution is -0.126. The average Bonchev–Trinajstić information content (AvgIpc) is 3.24. The van der Waals surface area contributed by atoms with Crippen LogP contribution in [0.1, 0.15) is 40.9 Å². The Morgan fingerprint density at radius 3 is 3.09 bits per heavy atom. The first-order chi connectivity index (χ1) is 11.1. The second-order valence-electron chi connectivity index (χ2n) is 6.02. The van der Waals surface area contributed by atoms with Crippen molar-refractivity contribution in [3.8, 4) is 0 Å². The molecule has 0 saturated carbocycles. The van der Waals surface area contributed by atoms with Gasteiger partial charge in [-0.1, -0.05) is 6.92 Å². The number of nitrogens with zero attached hydrogens (tertiary/aromatic N) is 3. The Labute approximate surface area is 139 Å². The van der Waals surface area contributed by atoms with E-state index in [0.29, 0.717) is 13.2 Å². The molecule has 0 aromatic carbocycles. The van der Waals surface area contributed by atoms with Crippen molar-refractivity contribution in [3.05, 3.63) is 34.0 Å². The van der Waals surface area contributed by atoms with E-state index in [4.69, 9.17) is 4.74 Å². The molecule has 3 rings (SSSR count). The maximum atomic E-state index is 12.6. The molecule has 2 aromatic rings. The van der Waals surface area contributed by atoms with Gasteiger partial charge in [-0.25, -0.2) is 4.98 Å². The van der Waals surface area contributed by atoms with Crippen molar-refractivity contribution in [1.82, 2.24) is 20.1 Å². The predicted molar refractivity (Wildman–Crippen MR) is 88.3 cm³/mol. The summed E-state index contributed by atoms with van der Waals surface area (Å²) >= 11 is 1.68. The van der Waals surface area contributed by atoms with Crippen molar-refractivity contribution >= 4 is 17.2 Å². The van der Waals surface area contributed by atoms with Gasteiger partial charge in [0.15, 0.2) is 0 Å². The van der Waals surface area contributed by atoms with Crippen LogP contribution >= 0.6 is 11.3 Å². The van der Waals surface area contributed by atoms with Crippen molar-refractivity contribution in [3.63, 3.8) is 0 Å². The van der Waals surface area contributed by atoms with E-state index >= 15 is 0 Å². The summed E-state index contributed by atoms with van der Waals surface area (Å²) in [7, 11) is 1.87. The minimum Gasteiger partial charge on any atom is -0.371 e. The highest BCUT2D eigenvalue weighted by molar-refractivity contribution is 7.11. The Bertz CT molecular complexity index is 681. The van der Waals surface area contributed by atoms with E-state index in [-0.39, 0.29) is 23.8 Å². The Morgan fingerprint density at radius 2 is 2.43 bits per heavy atom. The first-order valence-corrected chi connectivity index (χ1v) is 8.67. The minimum atomic E-state index is -0.208. The highest BCUT2D eigenvalue weighted by atomic mass is 32.1. The van der Waals surface area contributed by atoms with Crippen LogP contribution in [0.4, 0.5) is 0 Å². The van der Waals surface area contributed by atoms with Crippen LogP contribution in [0.25, 0.3) is 0 Å². The number of thiazole rings is 1. The molecule has 0 bridgehead atoms. The number of hydrogen-bond donors (Lipinski definition) is 1. The van der Waals surface area contributed by atoms with Crippen LogP contribution in [-0.2, 0) is 16.6 Å². The summed E-state index contributed by atoms with van der Waals surface area (Å²) in [6.07, 6.45) is 4.15. The van der Waals surface area contributed by atoms with E-state index in [9.17, 15) is 4.79 Å². The summed E-state index contributed by atoms with van der Waals surface area (Å²) in [6.45, 7) is 5.33. The van der Waals surface area contributed by atoms with Crippen LogP contribution < -0.4 is 5.32 Å². The first-order valence-electron chi connectivity index (χ1n) is 7.86. The number of nitrogens with one attached hydrogen (secondary N) is 1. The van der Waals surface area contributed by atoms with Crippen molar-refractivity contribution < 1.29 is 9.53 Å². The summed E-state index contributed by atoms with van der Waals surface area (Å²) in [4.78, 5) is 18.1. The van der Waals surface area contributed by atoms with E-state index in [0.717, 1.165) is 17.1 Å². The lowest BCUT2D eigenvalue weighted by atomic mass is 9.97. The molecule has 3 heterocycles. The Kier molecular flexibility index (Phi) is 4.77. The normalized spacial score (nSPS) is 22.2. The molecule has 1 unspecified atom stereocenters. The van der Waals surface area contributed by atoms with Gasteiger partial charge < -0.3 is 10.1 Å². The number of rotatable bonds is 5. The quantitative estimate of drug-likeness (QED) is 0.910. The monoisotopic (exact) mass is 334 g/mol. The Balaban J connectivity index is 1.60. The summed E-state index contributed by atoms with van der Waals surface area (Å²) in [5.74, 6) is 0.111. The molecule has 124 valence electrons. The molecule has 1 saturated heterocycles. The summed E-state index contributed by atoms with van der Waals surface area (Å²) in [5, 5.41) is 8.29. The van der Waals surface area contributed by atoms with E-state index in [1.165, 1.54) is 4.88 Å². The zero-order valence-electron chi connectivity index (χ0n) is 13.7. The number of hydrogen-bond acceptors (Lipinski definition) is 5. The highest BCUT2D eigenvalue weighted by Crippen LogP contribution is 2.34. The molecular weight excluding hydrogens is 312 g/mol. The van der Waals surface area contributed by atoms with Crippen LogP contribution in [0.2, 0.25) is 0 Å². The molecule has 1 N–H and O–H groups in total. The van der Waals surface area contributed by atoms with Gasteiger partial charge in [0.2, 0.25) is 5.91 Å². The van der Waals surface area contributed by atoms with Crippen LogP contribution in [-0.4, -0.2) is 33.8 Å². The summed E-state index contributed by atoms with van der Waals surface area (Å²) in [6, 6.07) is 1.91. The van der Waals surface area contributed by atoms with Gasteiger partial charge in [0.05, 0.1) is 16.6 Å². The third-order valence-corrected chi connectivity index (χ3v) is 5.37. The zero-order chi connectivity index (χ0) is 16.4.